The molecule has 1 aromatic rings. The monoisotopic (exact) mass is 333 g/mol. The molecule has 1 fully saturated rings. The van der Waals surface area contributed by atoms with Gasteiger partial charge in [-0.1, -0.05) is 24.6 Å². The zero-order valence-corrected chi connectivity index (χ0v) is 14.3. The predicted octanol–water partition coefficient (Wildman–Crippen LogP) is 2.70. The van der Waals surface area contributed by atoms with Crippen molar-refractivity contribution in [1.29, 1.82) is 0 Å². The molecule has 124 valence electrons. The van der Waals surface area contributed by atoms with Crippen LogP contribution in [0.4, 0.5) is 5.69 Å². The molecule has 0 spiro atoms. The molecule has 5 nitrogen and oxygen atoms in total. The van der Waals surface area contributed by atoms with E-state index in [4.69, 9.17) is 0 Å². The lowest BCUT2D eigenvalue weighted by atomic mass is 10.2. The number of amides is 2. The summed E-state index contributed by atoms with van der Waals surface area (Å²) in [6.45, 7) is 4.22. The number of fused-ring (bicyclic) bond motifs is 1. The van der Waals surface area contributed by atoms with E-state index >= 15 is 0 Å². The van der Waals surface area contributed by atoms with Gasteiger partial charge in [0.2, 0.25) is 11.8 Å². The molecule has 0 aliphatic carbocycles. The van der Waals surface area contributed by atoms with E-state index in [-0.39, 0.29) is 23.5 Å². The molecule has 2 amide bonds. The molecule has 0 radical (unpaired) electrons. The van der Waals surface area contributed by atoms with Crippen molar-refractivity contribution in [2.75, 3.05) is 24.5 Å². The first kappa shape index (κ1) is 16.3. The summed E-state index contributed by atoms with van der Waals surface area (Å²) in [6.07, 6.45) is 6.55. The lowest BCUT2D eigenvalue weighted by molar-refractivity contribution is -0.132. The van der Waals surface area contributed by atoms with E-state index in [0.29, 0.717) is 6.54 Å². The summed E-state index contributed by atoms with van der Waals surface area (Å²) in [6, 6.07) is 3.77. The van der Waals surface area contributed by atoms with Crippen LogP contribution in [0.5, 0.6) is 0 Å². The van der Waals surface area contributed by atoms with Gasteiger partial charge >= 0.3 is 0 Å². The summed E-state index contributed by atoms with van der Waals surface area (Å²) in [5.74, 6) is 0.134. The number of nitrogens with zero attached hydrogens (tertiary/aromatic N) is 3. The van der Waals surface area contributed by atoms with Gasteiger partial charge < -0.3 is 9.80 Å². The third-order valence-corrected chi connectivity index (χ3v) is 5.66. The number of carbonyl (C=O) groups excluding carboxylic acids is 2. The van der Waals surface area contributed by atoms with Crippen molar-refractivity contribution in [1.82, 2.24) is 9.88 Å². The van der Waals surface area contributed by atoms with Crippen molar-refractivity contribution in [3.05, 3.63) is 18.3 Å². The van der Waals surface area contributed by atoms with Gasteiger partial charge in [-0.3, -0.25) is 9.59 Å². The first-order chi connectivity index (χ1) is 11.2. The number of rotatable bonds is 3. The lowest BCUT2D eigenvalue weighted by Gasteiger charge is -2.32. The Labute approximate surface area is 141 Å². The second kappa shape index (κ2) is 7.34. The molecular weight excluding hydrogens is 310 g/mol. The summed E-state index contributed by atoms with van der Waals surface area (Å²) in [5.41, 5.74) is 0.864. The van der Waals surface area contributed by atoms with Crippen LogP contribution in [0.3, 0.4) is 0 Å². The van der Waals surface area contributed by atoms with E-state index in [1.807, 2.05) is 24.0 Å². The summed E-state index contributed by atoms with van der Waals surface area (Å²) in [5, 5.41) is 0.496. The Kier molecular flexibility index (Phi) is 5.20. The maximum atomic E-state index is 12.7. The first-order valence-electron chi connectivity index (χ1n) is 8.41. The molecule has 1 atom stereocenters. The molecule has 6 heteroatoms. The molecule has 1 saturated heterocycles. The molecule has 2 aliphatic heterocycles. The van der Waals surface area contributed by atoms with Gasteiger partial charge in [0.1, 0.15) is 5.03 Å². The van der Waals surface area contributed by atoms with Crippen molar-refractivity contribution in [3.8, 4) is 0 Å². The first-order valence-corrected chi connectivity index (χ1v) is 9.29. The van der Waals surface area contributed by atoms with Crippen LogP contribution in [-0.4, -0.2) is 46.6 Å². The van der Waals surface area contributed by atoms with Crippen molar-refractivity contribution in [2.45, 2.75) is 49.3 Å². The topological polar surface area (TPSA) is 53.5 Å². The quantitative estimate of drug-likeness (QED) is 0.853. The zero-order chi connectivity index (χ0) is 16.2. The molecule has 0 saturated carbocycles. The Balaban J connectivity index is 1.73. The molecule has 0 unspecified atom stereocenters. The average Bonchev–Trinajstić information content (AvgIpc) is 2.85. The molecule has 1 aromatic heterocycles. The molecular formula is C17H23N3O2S. The highest BCUT2D eigenvalue weighted by molar-refractivity contribution is 8.00. The number of aromatic nitrogens is 1. The van der Waals surface area contributed by atoms with Crippen molar-refractivity contribution in [2.24, 2.45) is 0 Å². The highest BCUT2D eigenvalue weighted by Crippen LogP contribution is 2.38. The minimum Gasteiger partial charge on any atom is -0.343 e. The summed E-state index contributed by atoms with van der Waals surface area (Å²) in [4.78, 5) is 33.4. The van der Waals surface area contributed by atoms with Gasteiger partial charge in [-0.2, -0.15) is 0 Å². The van der Waals surface area contributed by atoms with Crippen LogP contribution in [0, 0.1) is 0 Å². The van der Waals surface area contributed by atoms with Gasteiger partial charge in [-0.15, -0.1) is 0 Å². The van der Waals surface area contributed by atoms with Crippen LogP contribution in [-0.2, 0) is 9.59 Å². The van der Waals surface area contributed by atoms with E-state index in [0.717, 1.165) is 36.6 Å². The van der Waals surface area contributed by atoms with Crippen molar-refractivity contribution < 1.29 is 9.59 Å². The maximum Gasteiger partial charge on any atom is 0.241 e. The maximum absolute atomic E-state index is 12.7. The van der Waals surface area contributed by atoms with E-state index in [1.165, 1.54) is 24.6 Å². The Morgan fingerprint density at radius 3 is 2.74 bits per heavy atom. The Morgan fingerprint density at radius 1 is 1.30 bits per heavy atom. The highest BCUT2D eigenvalue weighted by Gasteiger charge is 2.35. The number of hydrogen-bond acceptors (Lipinski definition) is 4. The molecule has 0 aromatic carbocycles. The van der Waals surface area contributed by atoms with Gasteiger partial charge in [0.05, 0.1) is 10.9 Å². The molecule has 3 rings (SSSR count). The molecule has 23 heavy (non-hydrogen) atoms. The molecule has 2 aliphatic rings. The van der Waals surface area contributed by atoms with Crippen LogP contribution in [0.2, 0.25) is 0 Å². The minimum absolute atomic E-state index is 0.0289. The predicted molar refractivity (Wildman–Crippen MR) is 91.6 cm³/mol. The SMILES string of the molecule is CCN1C(=O)[C@H](CC(=O)N2CCCCCC2)Sc2ncccc21. The molecule has 0 N–H and O–H groups in total. The lowest BCUT2D eigenvalue weighted by Crippen LogP contribution is -2.44. The Hall–Kier alpha value is -1.56. The van der Waals surface area contributed by atoms with Crippen LogP contribution < -0.4 is 4.90 Å². The highest BCUT2D eigenvalue weighted by atomic mass is 32.2. The van der Waals surface area contributed by atoms with Crippen LogP contribution in [0.15, 0.2) is 23.4 Å². The molecule has 3 heterocycles. The Morgan fingerprint density at radius 2 is 2.04 bits per heavy atom. The van der Waals surface area contributed by atoms with Crippen LogP contribution in [0.1, 0.15) is 39.0 Å². The van der Waals surface area contributed by atoms with E-state index in [1.54, 1.807) is 11.1 Å². The van der Waals surface area contributed by atoms with Crippen molar-refractivity contribution >= 4 is 29.3 Å². The molecule has 0 bridgehead atoms. The smallest absolute Gasteiger partial charge is 0.241 e. The van der Waals surface area contributed by atoms with Crippen molar-refractivity contribution in [3.63, 3.8) is 0 Å². The third kappa shape index (κ3) is 3.52. The van der Waals surface area contributed by atoms with Gasteiger partial charge in [-0.25, -0.2) is 4.98 Å². The summed E-state index contributed by atoms with van der Waals surface area (Å²) in [7, 11) is 0. The number of pyridine rings is 1. The normalized spacial score (nSPS) is 21.8. The van der Waals surface area contributed by atoms with Gasteiger partial charge in [0, 0.05) is 32.3 Å². The second-order valence-electron chi connectivity index (χ2n) is 6.02. The number of hydrogen-bond donors (Lipinski definition) is 0. The largest absolute Gasteiger partial charge is 0.343 e. The number of carbonyl (C=O) groups is 2. The zero-order valence-electron chi connectivity index (χ0n) is 13.5. The minimum atomic E-state index is -0.354. The van der Waals surface area contributed by atoms with Crippen LogP contribution in [0.25, 0.3) is 0 Å². The van der Waals surface area contributed by atoms with E-state index in [9.17, 15) is 9.59 Å². The fraction of sp³-hybridized carbons (Fsp3) is 0.588. The van der Waals surface area contributed by atoms with Gasteiger partial charge in [0.15, 0.2) is 0 Å². The number of likely N-dealkylation sites (tertiary alicyclic amines) is 1. The van der Waals surface area contributed by atoms with Crippen LogP contribution >= 0.6 is 11.8 Å². The van der Waals surface area contributed by atoms with Gasteiger partial charge in [-0.05, 0) is 31.9 Å². The summed E-state index contributed by atoms with van der Waals surface area (Å²) >= 11 is 1.43. The fourth-order valence-electron chi connectivity index (χ4n) is 3.22. The van der Waals surface area contributed by atoms with E-state index < -0.39 is 0 Å². The second-order valence-corrected chi connectivity index (χ2v) is 7.21. The summed E-state index contributed by atoms with van der Waals surface area (Å²) < 4.78 is 0. The Bertz CT molecular complexity index is 585. The fourth-order valence-corrected chi connectivity index (χ4v) is 4.36. The number of anilines is 1. The standard InChI is InChI=1S/C17H23N3O2S/c1-2-20-13-8-7-9-18-16(13)23-14(17(20)22)12-15(21)19-10-5-3-4-6-11-19/h7-9,14H,2-6,10-12H2,1H3/t14-/m0/s1. The average molecular weight is 333 g/mol. The number of thioether (sulfide) groups is 1. The van der Waals surface area contributed by atoms with Gasteiger partial charge in [0.25, 0.3) is 0 Å². The van der Waals surface area contributed by atoms with E-state index in [2.05, 4.69) is 4.98 Å². The third-order valence-electron chi connectivity index (χ3n) is 4.47.